The highest BCUT2D eigenvalue weighted by atomic mass is 79.9. The fourth-order valence-electron chi connectivity index (χ4n) is 2.10. The molecule has 0 saturated carbocycles. The summed E-state index contributed by atoms with van der Waals surface area (Å²) < 4.78 is 2.75. The number of pyridine rings is 1. The lowest BCUT2D eigenvalue weighted by Crippen LogP contribution is -1.95. The predicted molar refractivity (Wildman–Crippen MR) is 89.4 cm³/mol. The van der Waals surface area contributed by atoms with E-state index >= 15 is 0 Å². The van der Waals surface area contributed by atoms with E-state index in [1.807, 2.05) is 22.7 Å². The third kappa shape index (κ3) is 3.19. The number of nitro groups is 1. The molecule has 0 aliphatic rings. The Balaban J connectivity index is 1.84. The van der Waals surface area contributed by atoms with Gasteiger partial charge >= 0.3 is 0 Å². The number of non-ortho nitro benzene ring substituents is 1. The summed E-state index contributed by atoms with van der Waals surface area (Å²) in [7, 11) is 0. The molecule has 0 aliphatic carbocycles. The van der Waals surface area contributed by atoms with Crippen LogP contribution in [0.2, 0.25) is 0 Å². The molecule has 3 rings (SSSR count). The molecule has 0 aliphatic heterocycles. The van der Waals surface area contributed by atoms with E-state index in [1.54, 1.807) is 12.3 Å². The van der Waals surface area contributed by atoms with Gasteiger partial charge in [0, 0.05) is 28.4 Å². The number of aromatic nitrogens is 2. The number of fused-ring (bicyclic) bond motifs is 1. The summed E-state index contributed by atoms with van der Waals surface area (Å²) in [5.74, 6) is -0.232. The third-order valence-electron chi connectivity index (χ3n) is 3.27. The number of hydrogen-bond donors (Lipinski definition) is 0. The van der Waals surface area contributed by atoms with E-state index in [0.717, 1.165) is 15.8 Å². The molecule has 3 aromatic rings. The van der Waals surface area contributed by atoms with Crippen molar-refractivity contribution in [2.75, 3.05) is 0 Å². The van der Waals surface area contributed by atoms with Crippen molar-refractivity contribution >= 4 is 39.1 Å². The maximum Gasteiger partial charge on any atom is 0.269 e. The van der Waals surface area contributed by atoms with Crippen molar-refractivity contribution in [2.45, 2.75) is 0 Å². The Morgan fingerprint density at radius 2 is 1.96 bits per heavy atom. The molecular weight excluding hydrogens is 362 g/mol. The van der Waals surface area contributed by atoms with Crippen molar-refractivity contribution in [1.82, 2.24) is 9.38 Å². The molecule has 0 bridgehead atoms. The zero-order valence-electron chi connectivity index (χ0n) is 11.7. The normalized spacial score (nSPS) is 11.2. The zero-order chi connectivity index (χ0) is 16.4. The van der Waals surface area contributed by atoms with Gasteiger partial charge in [0.15, 0.2) is 5.78 Å². The van der Waals surface area contributed by atoms with Crippen molar-refractivity contribution in [3.05, 3.63) is 80.7 Å². The third-order valence-corrected chi connectivity index (χ3v) is 3.74. The lowest BCUT2D eigenvalue weighted by atomic mass is 10.1. The number of halogens is 1. The Labute approximate surface area is 139 Å². The molecule has 0 spiro atoms. The van der Waals surface area contributed by atoms with Crippen molar-refractivity contribution in [1.29, 1.82) is 0 Å². The monoisotopic (exact) mass is 371 g/mol. The standard InChI is InChI=1S/C16H10BrN3O3/c17-12-3-8-16-18-9-14(19(16)10-12)6-7-15(21)11-1-4-13(5-2-11)20(22)23/h1-10H/b7-6+. The highest BCUT2D eigenvalue weighted by Crippen LogP contribution is 2.16. The molecule has 1 aromatic carbocycles. The van der Waals surface area contributed by atoms with Gasteiger partial charge in [-0.05, 0) is 52.3 Å². The first-order chi connectivity index (χ1) is 11.0. The molecule has 0 amide bonds. The van der Waals surface area contributed by atoms with Gasteiger partial charge in [0.2, 0.25) is 0 Å². The molecule has 0 radical (unpaired) electrons. The Kier molecular flexibility index (Phi) is 4.03. The molecule has 114 valence electrons. The molecule has 0 fully saturated rings. The van der Waals surface area contributed by atoms with E-state index in [9.17, 15) is 14.9 Å². The fourth-order valence-corrected chi connectivity index (χ4v) is 2.44. The number of carbonyl (C=O) groups excluding carboxylic acids is 1. The van der Waals surface area contributed by atoms with Crippen molar-refractivity contribution in [3.8, 4) is 0 Å². The number of benzene rings is 1. The van der Waals surface area contributed by atoms with E-state index in [2.05, 4.69) is 20.9 Å². The summed E-state index contributed by atoms with van der Waals surface area (Å²) in [6.45, 7) is 0. The van der Waals surface area contributed by atoms with Crippen LogP contribution in [0.4, 0.5) is 5.69 Å². The molecular formula is C16H10BrN3O3. The van der Waals surface area contributed by atoms with Gasteiger partial charge in [0.05, 0.1) is 16.8 Å². The summed E-state index contributed by atoms with van der Waals surface area (Å²) in [4.78, 5) is 26.5. The smallest absolute Gasteiger partial charge is 0.269 e. The predicted octanol–water partition coefficient (Wildman–Crippen LogP) is 3.90. The summed E-state index contributed by atoms with van der Waals surface area (Å²) >= 11 is 3.39. The van der Waals surface area contributed by atoms with Gasteiger partial charge in [-0.15, -0.1) is 0 Å². The summed E-state index contributed by atoms with van der Waals surface area (Å²) in [5.41, 5.74) is 1.88. The first-order valence-electron chi connectivity index (χ1n) is 6.64. The molecule has 0 saturated heterocycles. The van der Waals surface area contributed by atoms with Gasteiger partial charge in [-0.3, -0.25) is 19.3 Å². The van der Waals surface area contributed by atoms with Crippen LogP contribution in [0.3, 0.4) is 0 Å². The van der Waals surface area contributed by atoms with Crippen LogP contribution in [0.1, 0.15) is 16.1 Å². The van der Waals surface area contributed by atoms with E-state index in [-0.39, 0.29) is 11.5 Å². The largest absolute Gasteiger partial charge is 0.299 e. The number of ketones is 1. The Morgan fingerprint density at radius 1 is 1.22 bits per heavy atom. The van der Waals surface area contributed by atoms with Crippen LogP contribution in [0.25, 0.3) is 11.7 Å². The molecule has 2 heterocycles. The van der Waals surface area contributed by atoms with Crippen molar-refractivity contribution in [3.63, 3.8) is 0 Å². The fraction of sp³-hybridized carbons (Fsp3) is 0. The van der Waals surface area contributed by atoms with Gasteiger partial charge in [-0.1, -0.05) is 0 Å². The van der Waals surface area contributed by atoms with E-state index in [0.29, 0.717) is 5.56 Å². The van der Waals surface area contributed by atoms with E-state index in [1.165, 1.54) is 30.3 Å². The maximum atomic E-state index is 12.1. The van der Waals surface area contributed by atoms with Gasteiger partial charge in [-0.2, -0.15) is 0 Å². The number of nitro benzene ring substituents is 1. The minimum atomic E-state index is -0.500. The zero-order valence-corrected chi connectivity index (χ0v) is 13.3. The van der Waals surface area contributed by atoms with Gasteiger partial charge < -0.3 is 0 Å². The summed E-state index contributed by atoms with van der Waals surface area (Å²) in [6, 6.07) is 9.25. The number of allylic oxidation sites excluding steroid dienone is 1. The maximum absolute atomic E-state index is 12.1. The lowest BCUT2D eigenvalue weighted by Gasteiger charge is -1.98. The number of rotatable bonds is 4. The number of hydrogen-bond acceptors (Lipinski definition) is 4. The lowest BCUT2D eigenvalue weighted by molar-refractivity contribution is -0.384. The summed E-state index contributed by atoms with van der Waals surface area (Å²) in [5, 5.41) is 10.6. The van der Waals surface area contributed by atoms with Crippen LogP contribution in [0.5, 0.6) is 0 Å². The molecule has 6 nitrogen and oxygen atoms in total. The minimum Gasteiger partial charge on any atom is -0.299 e. The molecule has 0 atom stereocenters. The van der Waals surface area contributed by atoms with E-state index < -0.39 is 4.92 Å². The molecule has 2 aromatic heterocycles. The summed E-state index contributed by atoms with van der Waals surface area (Å²) in [6.07, 6.45) is 6.61. The number of nitrogens with zero attached hydrogens (tertiary/aromatic N) is 3. The highest BCUT2D eigenvalue weighted by Gasteiger charge is 2.08. The highest BCUT2D eigenvalue weighted by molar-refractivity contribution is 9.10. The van der Waals surface area contributed by atoms with Gasteiger partial charge in [0.1, 0.15) is 5.65 Å². The second kappa shape index (κ2) is 6.13. The van der Waals surface area contributed by atoms with Gasteiger partial charge in [-0.25, -0.2) is 4.98 Å². The molecule has 7 heteroatoms. The van der Waals surface area contributed by atoms with Crippen LogP contribution in [-0.2, 0) is 0 Å². The first kappa shape index (κ1) is 15.1. The van der Waals surface area contributed by atoms with E-state index in [4.69, 9.17) is 0 Å². The Bertz CT molecular complexity index is 929. The Hall–Kier alpha value is -2.80. The average molecular weight is 372 g/mol. The Morgan fingerprint density at radius 3 is 2.65 bits per heavy atom. The molecule has 0 N–H and O–H groups in total. The molecule has 0 unspecified atom stereocenters. The van der Waals surface area contributed by atoms with Crippen molar-refractivity contribution < 1.29 is 9.72 Å². The van der Waals surface area contributed by atoms with Crippen LogP contribution < -0.4 is 0 Å². The number of imidazole rings is 1. The minimum absolute atomic E-state index is 0.0443. The molecule has 23 heavy (non-hydrogen) atoms. The number of carbonyl (C=O) groups is 1. The average Bonchev–Trinajstić information content (AvgIpc) is 2.95. The topological polar surface area (TPSA) is 77.5 Å². The van der Waals surface area contributed by atoms with Gasteiger partial charge in [0.25, 0.3) is 5.69 Å². The van der Waals surface area contributed by atoms with Crippen LogP contribution >= 0.6 is 15.9 Å². The van der Waals surface area contributed by atoms with Crippen LogP contribution in [0, 0.1) is 10.1 Å². The quantitative estimate of drug-likeness (QED) is 0.301. The first-order valence-corrected chi connectivity index (χ1v) is 7.43. The van der Waals surface area contributed by atoms with Crippen LogP contribution in [-0.4, -0.2) is 20.1 Å². The van der Waals surface area contributed by atoms with Crippen molar-refractivity contribution in [2.24, 2.45) is 0 Å². The second-order valence-corrected chi connectivity index (χ2v) is 5.68. The SMILES string of the molecule is O=C(/C=C/c1cnc2ccc(Br)cn12)c1ccc([N+](=O)[O-])cc1. The van der Waals surface area contributed by atoms with Crippen LogP contribution in [0.15, 0.2) is 59.3 Å². The second-order valence-electron chi connectivity index (χ2n) is 4.76.